The van der Waals surface area contributed by atoms with Gasteiger partial charge in [-0.15, -0.1) is 0 Å². The maximum absolute atomic E-state index is 4.20. The fourth-order valence-electron chi connectivity index (χ4n) is 1.83. The van der Waals surface area contributed by atoms with E-state index in [9.17, 15) is 0 Å². The van der Waals surface area contributed by atoms with Gasteiger partial charge in [-0.2, -0.15) is 0 Å². The van der Waals surface area contributed by atoms with E-state index in [1.165, 1.54) is 25.1 Å². The lowest BCUT2D eigenvalue weighted by Crippen LogP contribution is -2.19. The Bertz CT molecular complexity index is 293. The quantitative estimate of drug-likeness (QED) is 0.665. The van der Waals surface area contributed by atoms with Gasteiger partial charge in [-0.1, -0.05) is 6.92 Å². The predicted octanol–water partition coefficient (Wildman–Crippen LogP) is 1.72. The Kier molecular flexibility index (Phi) is 6.89. The van der Waals surface area contributed by atoms with E-state index in [-0.39, 0.29) is 0 Å². The lowest BCUT2D eigenvalue weighted by Gasteiger charge is -2.10. The van der Waals surface area contributed by atoms with Crippen molar-refractivity contribution in [2.24, 2.45) is 0 Å². The summed E-state index contributed by atoms with van der Waals surface area (Å²) in [5.41, 5.74) is 1.29. The maximum atomic E-state index is 4.20. The first-order chi connectivity index (χ1) is 8.24. The molecular formula is C13H26N4. The largest absolute Gasteiger partial charge is 0.333 e. The van der Waals surface area contributed by atoms with Crippen molar-refractivity contribution in [3.8, 4) is 0 Å². The van der Waals surface area contributed by atoms with Crippen LogP contribution in [0.3, 0.4) is 0 Å². The summed E-state index contributed by atoms with van der Waals surface area (Å²) in [5, 5.41) is 3.48. The van der Waals surface area contributed by atoms with E-state index in [1.807, 2.05) is 12.5 Å². The minimum Gasteiger partial charge on any atom is -0.333 e. The van der Waals surface area contributed by atoms with Crippen molar-refractivity contribution in [2.75, 3.05) is 27.2 Å². The van der Waals surface area contributed by atoms with Crippen LogP contribution in [-0.4, -0.2) is 41.6 Å². The average Bonchev–Trinajstić information content (AvgIpc) is 2.71. The molecule has 1 aromatic heterocycles. The standard InChI is InChI=1S/C13H26N4/c1-4-8-17-12-15-11-13(17)10-14-7-5-6-9-16(2)3/h11-12,14H,4-10H2,1-3H3. The van der Waals surface area contributed by atoms with Crippen molar-refractivity contribution in [3.63, 3.8) is 0 Å². The third kappa shape index (κ3) is 5.84. The van der Waals surface area contributed by atoms with Crippen LogP contribution in [0.15, 0.2) is 12.5 Å². The van der Waals surface area contributed by atoms with Gasteiger partial charge >= 0.3 is 0 Å². The molecule has 0 bridgehead atoms. The molecule has 0 atom stereocenters. The smallest absolute Gasteiger partial charge is 0.0948 e. The molecule has 0 aliphatic heterocycles. The Morgan fingerprint density at radius 3 is 2.88 bits per heavy atom. The number of imidazole rings is 1. The molecule has 1 N–H and O–H groups in total. The van der Waals surface area contributed by atoms with Gasteiger partial charge in [0, 0.05) is 19.3 Å². The van der Waals surface area contributed by atoms with Crippen LogP contribution in [0, 0.1) is 0 Å². The van der Waals surface area contributed by atoms with Gasteiger partial charge in [0.15, 0.2) is 0 Å². The summed E-state index contributed by atoms with van der Waals surface area (Å²) < 4.78 is 2.23. The molecule has 0 aromatic carbocycles. The van der Waals surface area contributed by atoms with Gasteiger partial charge in [-0.3, -0.25) is 0 Å². The van der Waals surface area contributed by atoms with Gasteiger partial charge < -0.3 is 14.8 Å². The van der Waals surface area contributed by atoms with E-state index >= 15 is 0 Å². The average molecular weight is 238 g/mol. The molecule has 98 valence electrons. The molecule has 0 unspecified atom stereocenters. The molecule has 17 heavy (non-hydrogen) atoms. The van der Waals surface area contributed by atoms with Crippen LogP contribution in [-0.2, 0) is 13.1 Å². The highest BCUT2D eigenvalue weighted by Crippen LogP contribution is 2.00. The van der Waals surface area contributed by atoms with Crippen molar-refractivity contribution in [2.45, 2.75) is 39.3 Å². The summed E-state index contributed by atoms with van der Waals surface area (Å²) in [6.45, 7) is 6.46. The van der Waals surface area contributed by atoms with E-state index in [1.54, 1.807) is 0 Å². The molecule has 1 aromatic rings. The van der Waals surface area contributed by atoms with Gasteiger partial charge in [0.25, 0.3) is 0 Å². The summed E-state index contributed by atoms with van der Waals surface area (Å²) in [7, 11) is 4.24. The number of nitrogens with one attached hydrogen (secondary N) is 1. The summed E-state index contributed by atoms with van der Waals surface area (Å²) in [4.78, 5) is 6.43. The van der Waals surface area contributed by atoms with Crippen molar-refractivity contribution in [1.82, 2.24) is 19.8 Å². The van der Waals surface area contributed by atoms with Crippen LogP contribution < -0.4 is 5.32 Å². The summed E-state index contributed by atoms with van der Waals surface area (Å²) >= 11 is 0. The second-order valence-electron chi connectivity index (χ2n) is 4.77. The summed E-state index contributed by atoms with van der Waals surface area (Å²) in [6, 6.07) is 0. The van der Waals surface area contributed by atoms with Crippen LogP contribution in [0.1, 0.15) is 31.9 Å². The molecule has 4 nitrogen and oxygen atoms in total. The van der Waals surface area contributed by atoms with E-state index in [2.05, 4.69) is 40.8 Å². The highest BCUT2D eigenvalue weighted by Gasteiger charge is 2.00. The molecule has 4 heteroatoms. The SMILES string of the molecule is CCCn1cncc1CNCCCCN(C)C. The number of rotatable bonds is 9. The van der Waals surface area contributed by atoms with Crippen LogP contribution in [0.5, 0.6) is 0 Å². The molecule has 1 heterocycles. The van der Waals surface area contributed by atoms with E-state index in [0.717, 1.165) is 26.1 Å². The number of hydrogen-bond donors (Lipinski definition) is 1. The fourth-order valence-corrected chi connectivity index (χ4v) is 1.83. The van der Waals surface area contributed by atoms with Crippen molar-refractivity contribution >= 4 is 0 Å². The highest BCUT2D eigenvalue weighted by molar-refractivity contribution is 4.97. The minimum absolute atomic E-state index is 0.933. The molecular weight excluding hydrogens is 212 g/mol. The molecule has 0 aliphatic rings. The number of unbranched alkanes of at least 4 members (excludes halogenated alkanes) is 1. The third-order valence-corrected chi connectivity index (χ3v) is 2.78. The summed E-state index contributed by atoms with van der Waals surface area (Å²) in [5.74, 6) is 0. The van der Waals surface area contributed by atoms with E-state index < -0.39 is 0 Å². The van der Waals surface area contributed by atoms with Crippen molar-refractivity contribution < 1.29 is 0 Å². The fraction of sp³-hybridized carbons (Fsp3) is 0.769. The zero-order chi connectivity index (χ0) is 12.5. The van der Waals surface area contributed by atoms with Crippen LogP contribution in [0.25, 0.3) is 0 Å². The number of aromatic nitrogens is 2. The monoisotopic (exact) mass is 238 g/mol. The first-order valence-electron chi connectivity index (χ1n) is 6.58. The lowest BCUT2D eigenvalue weighted by atomic mass is 10.3. The van der Waals surface area contributed by atoms with Gasteiger partial charge in [0.05, 0.1) is 12.0 Å². The predicted molar refractivity (Wildman–Crippen MR) is 72.0 cm³/mol. The second kappa shape index (κ2) is 8.25. The second-order valence-corrected chi connectivity index (χ2v) is 4.77. The number of aryl methyl sites for hydroxylation is 1. The summed E-state index contributed by atoms with van der Waals surface area (Å²) in [6.07, 6.45) is 7.54. The zero-order valence-electron chi connectivity index (χ0n) is 11.4. The number of nitrogens with zero attached hydrogens (tertiary/aromatic N) is 3. The molecule has 0 aliphatic carbocycles. The molecule has 0 saturated heterocycles. The van der Waals surface area contributed by atoms with Crippen LogP contribution in [0.2, 0.25) is 0 Å². The normalized spacial score (nSPS) is 11.3. The topological polar surface area (TPSA) is 33.1 Å². The first kappa shape index (κ1) is 14.2. The minimum atomic E-state index is 0.933. The van der Waals surface area contributed by atoms with Gasteiger partial charge in [-0.25, -0.2) is 4.98 Å². The van der Waals surface area contributed by atoms with Gasteiger partial charge in [0.1, 0.15) is 0 Å². The zero-order valence-corrected chi connectivity index (χ0v) is 11.4. The Hall–Kier alpha value is -0.870. The molecule has 0 spiro atoms. The van der Waals surface area contributed by atoms with Gasteiger partial charge in [0.2, 0.25) is 0 Å². The van der Waals surface area contributed by atoms with Gasteiger partial charge in [-0.05, 0) is 46.4 Å². The molecule has 0 amide bonds. The first-order valence-corrected chi connectivity index (χ1v) is 6.58. The Labute approximate surface area is 105 Å². The number of hydrogen-bond acceptors (Lipinski definition) is 3. The lowest BCUT2D eigenvalue weighted by molar-refractivity contribution is 0.391. The van der Waals surface area contributed by atoms with E-state index in [4.69, 9.17) is 0 Å². The molecule has 1 rings (SSSR count). The highest BCUT2D eigenvalue weighted by atomic mass is 15.1. The Morgan fingerprint density at radius 2 is 2.18 bits per heavy atom. The Morgan fingerprint density at radius 1 is 1.35 bits per heavy atom. The van der Waals surface area contributed by atoms with Crippen molar-refractivity contribution in [1.29, 1.82) is 0 Å². The third-order valence-electron chi connectivity index (χ3n) is 2.78. The van der Waals surface area contributed by atoms with Crippen LogP contribution in [0.4, 0.5) is 0 Å². The molecule has 0 saturated carbocycles. The molecule has 0 radical (unpaired) electrons. The molecule has 0 fully saturated rings. The van der Waals surface area contributed by atoms with Crippen LogP contribution >= 0.6 is 0 Å². The van der Waals surface area contributed by atoms with E-state index in [0.29, 0.717) is 0 Å². The van der Waals surface area contributed by atoms with Crippen molar-refractivity contribution in [3.05, 3.63) is 18.2 Å². The Balaban J connectivity index is 2.11. The maximum Gasteiger partial charge on any atom is 0.0948 e.